The Morgan fingerprint density at radius 1 is 1.03 bits per heavy atom. The minimum absolute atomic E-state index is 0.132. The lowest BCUT2D eigenvalue weighted by atomic mass is 10.0. The first kappa shape index (κ1) is 20.1. The van der Waals surface area contributed by atoms with E-state index in [1.165, 1.54) is 6.07 Å². The first-order valence-electron chi connectivity index (χ1n) is 9.76. The van der Waals surface area contributed by atoms with E-state index in [2.05, 4.69) is 45.5 Å². The van der Waals surface area contributed by atoms with Crippen molar-refractivity contribution in [2.45, 2.75) is 18.7 Å². The SMILES string of the molecule is CNc1cc(-c2ccccc2)ccc1N1CC[C@H](Oc2ccc(C(F)(F)F)cn2)C1. The molecule has 2 aromatic carbocycles. The van der Waals surface area contributed by atoms with Crippen LogP contribution >= 0.6 is 0 Å². The number of rotatable bonds is 5. The Bertz CT molecular complexity index is 991. The predicted molar refractivity (Wildman–Crippen MR) is 112 cm³/mol. The summed E-state index contributed by atoms with van der Waals surface area (Å²) in [5, 5.41) is 3.27. The number of hydrogen-bond acceptors (Lipinski definition) is 4. The van der Waals surface area contributed by atoms with Crippen LogP contribution in [0.3, 0.4) is 0 Å². The zero-order chi connectivity index (χ0) is 21.1. The molecule has 2 heterocycles. The van der Waals surface area contributed by atoms with Gasteiger partial charge in [0.2, 0.25) is 5.88 Å². The van der Waals surface area contributed by atoms with E-state index in [0.29, 0.717) is 6.54 Å². The number of nitrogens with zero attached hydrogens (tertiary/aromatic N) is 2. The maximum Gasteiger partial charge on any atom is 0.417 e. The lowest BCUT2D eigenvalue weighted by molar-refractivity contribution is -0.137. The van der Waals surface area contributed by atoms with Crippen LogP contribution < -0.4 is 15.0 Å². The number of alkyl halides is 3. The van der Waals surface area contributed by atoms with Gasteiger partial charge in [-0.3, -0.25) is 0 Å². The molecule has 1 N–H and O–H groups in total. The zero-order valence-corrected chi connectivity index (χ0v) is 16.5. The van der Waals surface area contributed by atoms with Gasteiger partial charge in [0.15, 0.2) is 0 Å². The highest BCUT2D eigenvalue weighted by Crippen LogP contribution is 2.34. The Morgan fingerprint density at radius 2 is 1.83 bits per heavy atom. The van der Waals surface area contributed by atoms with E-state index in [0.717, 1.165) is 47.7 Å². The second-order valence-corrected chi connectivity index (χ2v) is 7.21. The Balaban J connectivity index is 1.45. The largest absolute Gasteiger partial charge is 0.472 e. The number of nitrogens with one attached hydrogen (secondary N) is 1. The summed E-state index contributed by atoms with van der Waals surface area (Å²) < 4.78 is 43.9. The van der Waals surface area contributed by atoms with Crippen molar-refractivity contribution in [3.05, 3.63) is 72.4 Å². The quantitative estimate of drug-likeness (QED) is 0.602. The van der Waals surface area contributed by atoms with Crippen molar-refractivity contribution < 1.29 is 17.9 Å². The molecule has 0 aliphatic carbocycles. The molecule has 1 saturated heterocycles. The van der Waals surface area contributed by atoms with Crippen molar-refractivity contribution in [1.82, 2.24) is 4.98 Å². The summed E-state index contributed by atoms with van der Waals surface area (Å²) in [5.41, 5.74) is 3.59. The number of hydrogen-bond donors (Lipinski definition) is 1. The molecule has 156 valence electrons. The number of benzene rings is 2. The molecule has 4 rings (SSSR count). The molecule has 3 aromatic rings. The van der Waals surface area contributed by atoms with Gasteiger partial charge in [-0.1, -0.05) is 36.4 Å². The molecular formula is C23H22F3N3O. The molecule has 7 heteroatoms. The van der Waals surface area contributed by atoms with Crippen molar-refractivity contribution in [2.24, 2.45) is 0 Å². The van der Waals surface area contributed by atoms with Gasteiger partial charge >= 0.3 is 6.18 Å². The van der Waals surface area contributed by atoms with Gasteiger partial charge in [-0.05, 0) is 29.3 Å². The summed E-state index contributed by atoms with van der Waals surface area (Å²) in [6.07, 6.45) is -2.95. The van der Waals surface area contributed by atoms with Gasteiger partial charge in [0, 0.05) is 32.3 Å². The van der Waals surface area contributed by atoms with E-state index < -0.39 is 11.7 Å². The molecule has 0 saturated carbocycles. The molecule has 0 bridgehead atoms. The first-order chi connectivity index (χ1) is 14.4. The third-order valence-corrected chi connectivity index (χ3v) is 5.21. The Hall–Kier alpha value is -3.22. The Morgan fingerprint density at radius 3 is 2.50 bits per heavy atom. The predicted octanol–water partition coefficient (Wildman–Crippen LogP) is 5.47. The van der Waals surface area contributed by atoms with Gasteiger partial charge in [0.05, 0.1) is 23.5 Å². The van der Waals surface area contributed by atoms with Crippen LogP contribution in [0.15, 0.2) is 66.9 Å². The van der Waals surface area contributed by atoms with E-state index in [1.807, 2.05) is 25.2 Å². The number of pyridine rings is 1. The fourth-order valence-corrected chi connectivity index (χ4v) is 3.65. The summed E-state index contributed by atoms with van der Waals surface area (Å²) in [4.78, 5) is 6.03. The molecular weight excluding hydrogens is 391 g/mol. The van der Waals surface area contributed by atoms with Crippen molar-refractivity contribution >= 4 is 11.4 Å². The molecule has 0 amide bonds. The standard InChI is InChI=1S/C23H22F3N3O/c1-27-20-13-17(16-5-3-2-4-6-16)7-9-21(20)29-12-11-19(15-29)30-22-10-8-18(14-28-22)23(24,25)26/h2-10,13-14,19,27H,11-12,15H2,1H3/t19-/m0/s1. The lowest BCUT2D eigenvalue weighted by Crippen LogP contribution is -2.25. The number of anilines is 2. The number of ether oxygens (including phenoxy) is 1. The number of aromatic nitrogens is 1. The first-order valence-corrected chi connectivity index (χ1v) is 9.76. The summed E-state index contributed by atoms with van der Waals surface area (Å²) in [6.45, 7) is 1.44. The molecule has 0 radical (unpaired) electrons. The van der Waals surface area contributed by atoms with E-state index in [1.54, 1.807) is 0 Å². The van der Waals surface area contributed by atoms with Crippen LogP contribution in [0.5, 0.6) is 5.88 Å². The van der Waals surface area contributed by atoms with Crippen LogP contribution in [0, 0.1) is 0 Å². The summed E-state index contributed by atoms with van der Waals surface area (Å²) in [7, 11) is 1.89. The van der Waals surface area contributed by atoms with Gasteiger partial charge < -0.3 is 15.0 Å². The normalized spacial score (nSPS) is 16.5. The minimum Gasteiger partial charge on any atom is -0.472 e. The van der Waals surface area contributed by atoms with Gasteiger partial charge in [-0.25, -0.2) is 4.98 Å². The van der Waals surface area contributed by atoms with Gasteiger partial charge in [0.25, 0.3) is 0 Å². The topological polar surface area (TPSA) is 37.4 Å². The maximum absolute atomic E-state index is 12.7. The summed E-state index contributed by atoms with van der Waals surface area (Å²) in [6, 6.07) is 18.7. The highest BCUT2D eigenvalue weighted by molar-refractivity contribution is 5.78. The average molecular weight is 413 g/mol. The Kier molecular flexibility index (Phi) is 5.53. The molecule has 1 aliphatic heterocycles. The van der Waals surface area contributed by atoms with Crippen LogP contribution in [-0.2, 0) is 6.18 Å². The zero-order valence-electron chi connectivity index (χ0n) is 16.5. The van der Waals surface area contributed by atoms with E-state index in [4.69, 9.17) is 4.74 Å². The van der Waals surface area contributed by atoms with E-state index in [-0.39, 0.29) is 12.0 Å². The Labute approximate surface area is 173 Å². The third kappa shape index (κ3) is 4.35. The monoisotopic (exact) mass is 413 g/mol. The van der Waals surface area contributed by atoms with Crippen molar-refractivity contribution in [3.8, 4) is 17.0 Å². The molecule has 1 fully saturated rings. The molecule has 1 atom stereocenters. The second-order valence-electron chi connectivity index (χ2n) is 7.21. The molecule has 30 heavy (non-hydrogen) atoms. The highest BCUT2D eigenvalue weighted by Gasteiger charge is 2.31. The van der Waals surface area contributed by atoms with Gasteiger partial charge in [-0.15, -0.1) is 0 Å². The van der Waals surface area contributed by atoms with Crippen LogP contribution in [0.2, 0.25) is 0 Å². The van der Waals surface area contributed by atoms with Crippen molar-refractivity contribution in [3.63, 3.8) is 0 Å². The van der Waals surface area contributed by atoms with E-state index >= 15 is 0 Å². The lowest BCUT2D eigenvalue weighted by Gasteiger charge is -2.23. The molecule has 1 aliphatic rings. The maximum atomic E-state index is 12.7. The minimum atomic E-state index is -4.40. The summed E-state index contributed by atoms with van der Waals surface area (Å²) in [5.74, 6) is 0.211. The molecule has 0 unspecified atom stereocenters. The van der Waals surface area contributed by atoms with E-state index in [9.17, 15) is 13.2 Å². The van der Waals surface area contributed by atoms with Crippen LogP contribution in [0.4, 0.5) is 24.5 Å². The fourth-order valence-electron chi connectivity index (χ4n) is 3.65. The van der Waals surface area contributed by atoms with Crippen LogP contribution in [-0.4, -0.2) is 31.2 Å². The average Bonchev–Trinajstić information content (AvgIpc) is 3.22. The molecule has 1 aromatic heterocycles. The van der Waals surface area contributed by atoms with Gasteiger partial charge in [0.1, 0.15) is 6.10 Å². The molecule has 0 spiro atoms. The van der Waals surface area contributed by atoms with Gasteiger partial charge in [-0.2, -0.15) is 13.2 Å². The van der Waals surface area contributed by atoms with Crippen LogP contribution in [0.1, 0.15) is 12.0 Å². The number of halogens is 3. The second kappa shape index (κ2) is 8.26. The van der Waals surface area contributed by atoms with Crippen molar-refractivity contribution in [2.75, 3.05) is 30.4 Å². The van der Waals surface area contributed by atoms with Crippen LogP contribution in [0.25, 0.3) is 11.1 Å². The van der Waals surface area contributed by atoms with Crippen molar-refractivity contribution in [1.29, 1.82) is 0 Å². The smallest absolute Gasteiger partial charge is 0.417 e. The third-order valence-electron chi connectivity index (χ3n) is 5.21. The molecule has 4 nitrogen and oxygen atoms in total. The highest BCUT2D eigenvalue weighted by atomic mass is 19.4. The summed E-state index contributed by atoms with van der Waals surface area (Å²) >= 11 is 0. The fraction of sp³-hybridized carbons (Fsp3) is 0.261.